The molecule has 0 unspecified atom stereocenters. The van der Waals surface area contributed by atoms with Crippen LogP contribution in [0.15, 0.2) is 48.8 Å². The summed E-state index contributed by atoms with van der Waals surface area (Å²) >= 11 is 0. The van der Waals surface area contributed by atoms with Crippen molar-refractivity contribution in [3.05, 3.63) is 71.3 Å². The summed E-state index contributed by atoms with van der Waals surface area (Å²) in [6, 6.07) is 4.27. The van der Waals surface area contributed by atoms with Gasteiger partial charge in [-0.2, -0.15) is 5.10 Å². The first-order valence-electron chi connectivity index (χ1n) is 12.6. The number of ether oxygens (including phenoxy) is 1. The van der Waals surface area contributed by atoms with Gasteiger partial charge in [-0.15, -0.1) is 0 Å². The zero-order valence-corrected chi connectivity index (χ0v) is 23.4. The molecular weight excluding hydrogens is 473 g/mol. The summed E-state index contributed by atoms with van der Waals surface area (Å²) in [5.74, 6) is -0.337. The number of hydrogen-bond donors (Lipinski definition) is 2. The Morgan fingerprint density at radius 2 is 1.95 bits per heavy atom. The molecule has 1 aliphatic rings. The second-order valence-electron chi connectivity index (χ2n) is 9.18. The topological polar surface area (TPSA) is 88.5 Å². The lowest BCUT2D eigenvalue weighted by molar-refractivity contribution is 0.0523. The van der Waals surface area contributed by atoms with Gasteiger partial charge in [-0.05, 0) is 51.8 Å². The SMILES string of the molecule is C/C=C\CC.C=C1CN(C(=O)c2ccc(CNC(=O)OC(C)(C)C)cc2F)Cc2cnn(C)c2N1.CC. The van der Waals surface area contributed by atoms with E-state index in [4.69, 9.17) is 4.74 Å². The molecule has 2 N–H and O–H groups in total. The highest BCUT2D eigenvalue weighted by atomic mass is 19.1. The Morgan fingerprint density at radius 3 is 2.49 bits per heavy atom. The van der Waals surface area contributed by atoms with Crippen molar-refractivity contribution in [1.82, 2.24) is 20.0 Å². The standard InChI is InChI=1S/C21H26FN5O3.C5H10.C2H6/c1-13-11-27(12-15-10-24-26(5)18(15)25-13)19(28)16-7-6-14(8-17(16)22)9-23-20(29)30-21(2,3)4;1-3-5-4-2;1-2/h6-8,10,25H,1,9,11-12H2,2-5H3,(H,23,29);3,5H,4H2,1-2H3;1-2H3/b;5-3-;. The first-order chi connectivity index (χ1) is 17.4. The molecule has 0 aliphatic carbocycles. The molecule has 3 rings (SSSR count). The number of aryl methyl sites for hydroxylation is 1. The molecule has 2 amide bonds. The van der Waals surface area contributed by atoms with E-state index >= 15 is 0 Å². The van der Waals surface area contributed by atoms with Crippen LogP contribution in [0.5, 0.6) is 0 Å². The number of benzene rings is 1. The first kappa shape index (κ1) is 31.4. The van der Waals surface area contributed by atoms with Crippen molar-refractivity contribution in [1.29, 1.82) is 0 Å². The summed E-state index contributed by atoms with van der Waals surface area (Å²) in [5, 5.41) is 9.89. The maximum Gasteiger partial charge on any atom is 0.407 e. The molecule has 1 aromatic carbocycles. The number of amides is 2. The molecule has 2 aromatic rings. The largest absolute Gasteiger partial charge is 0.444 e. The predicted molar refractivity (Wildman–Crippen MR) is 147 cm³/mol. The lowest BCUT2D eigenvalue weighted by Crippen LogP contribution is -2.33. The third-order valence-corrected chi connectivity index (χ3v) is 4.91. The van der Waals surface area contributed by atoms with Crippen LogP contribution in [0.2, 0.25) is 0 Å². The first-order valence-corrected chi connectivity index (χ1v) is 12.6. The third-order valence-electron chi connectivity index (χ3n) is 4.91. The molecule has 1 aromatic heterocycles. The fraction of sp³-hybridized carbons (Fsp3) is 0.464. The minimum Gasteiger partial charge on any atom is -0.444 e. The molecule has 0 radical (unpaired) electrons. The van der Waals surface area contributed by atoms with Crippen molar-refractivity contribution in [2.24, 2.45) is 7.05 Å². The van der Waals surface area contributed by atoms with Crippen LogP contribution in [-0.4, -0.2) is 38.8 Å². The highest BCUT2D eigenvalue weighted by Gasteiger charge is 2.25. The Bertz CT molecular complexity index is 1090. The zero-order valence-electron chi connectivity index (χ0n) is 23.4. The number of rotatable bonds is 4. The number of carbonyl (C=O) groups is 2. The molecule has 0 saturated carbocycles. The van der Waals surface area contributed by atoms with E-state index in [1.165, 1.54) is 17.0 Å². The summed E-state index contributed by atoms with van der Waals surface area (Å²) in [6.07, 6.45) is 6.42. The second-order valence-corrected chi connectivity index (χ2v) is 9.18. The van der Waals surface area contributed by atoms with E-state index in [-0.39, 0.29) is 25.2 Å². The highest BCUT2D eigenvalue weighted by molar-refractivity contribution is 5.95. The number of nitrogens with zero attached hydrogens (tertiary/aromatic N) is 3. The average Bonchev–Trinajstić information content (AvgIpc) is 3.06. The molecule has 204 valence electrons. The van der Waals surface area contributed by atoms with Crippen molar-refractivity contribution >= 4 is 17.8 Å². The maximum atomic E-state index is 14.7. The van der Waals surface area contributed by atoms with Crippen LogP contribution in [0, 0.1) is 5.82 Å². The Hall–Kier alpha value is -3.62. The van der Waals surface area contributed by atoms with Crippen molar-refractivity contribution in [2.45, 2.75) is 73.6 Å². The maximum absolute atomic E-state index is 14.7. The monoisotopic (exact) mass is 515 g/mol. The van der Waals surface area contributed by atoms with Crippen LogP contribution in [0.1, 0.15) is 76.4 Å². The number of halogens is 1. The van der Waals surface area contributed by atoms with Crippen molar-refractivity contribution in [3.8, 4) is 0 Å². The average molecular weight is 516 g/mol. The molecule has 8 nitrogen and oxygen atoms in total. The molecular formula is C28H42FN5O3. The number of aromatic nitrogens is 2. The fourth-order valence-electron chi connectivity index (χ4n) is 3.34. The van der Waals surface area contributed by atoms with E-state index in [2.05, 4.69) is 41.4 Å². The van der Waals surface area contributed by atoms with Gasteiger partial charge < -0.3 is 20.3 Å². The number of fused-ring (bicyclic) bond motifs is 1. The number of nitrogens with one attached hydrogen (secondary N) is 2. The van der Waals surface area contributed by atoms with Gasteiger partial charge in [0.15, 0.2) is 0 Å². The Morgan fingerprint density at radius 1 is 1.27 bits per heavy atom. The lowest BCUT2D eigenvalue weighted by atomic mass is 10.1. The molecule has 9 heteroatoms. The van der Waals surface area contributed by atoms with Crippen LogP contribution in [-0.2, 0) is 24.9 Å². The Labute approximate surface area is 220 Å². The zero-order chi connectivity index (χ0) is 28.2. The van der Waals surface area contributed by atoms with Gasteiger partial charge in [-0.1, -0.05) is 45.6 Å². The highest BCUT2D eigenvalue weighted by Crippen LogP contribution is 2.24. The number of carbonyl (C=O) groups excluding carboxylic acids is 2. The molecule has 0 atom stereocenters. The van der Waals surface area contributed by atoms with E-state index in [1.807, 2.05) is 20.8 Å². The van der Waals surface area contributed by atoms with E-state index in [9.17, 15) is 14.0 Å². The number of allylic oxidation sites excluding steroid dienone is 2. The van der Waals surface area contributed by atoms with E-state index in [1.54, 1.807) is 44.8 Å². The van der Waals surface area contributed by atoms with Gasteiger partial charge in [0, 0.05) is 24.9 Å². The van der Waals surface area contributed by atoms with Gasteiger partial charge in [0.25, 0.3) is 5.91 Å². The molecule has 0 saturated heterocycles. The van der Waals surface area contributed by atoms with Gasteiger partial charge in [-0.25, -0.2) is 9.18 Å². The minimum atomic E-state index is -0.655. The van der Waals surface area contributed by atoms with E-state index in [0.29, 0.717) is 11.3 Å². The van der Waals surface area contributed by atoms with Gasteiger partial charge in [0.2, 0.25) is 0 Å². The van der Waals surface area contributed by atoms with Gasteiger partial charge in [0.05, 0.1) is 24.8 Å². The Balaban J connectivity index is 0.000000874. The molecule has 0 spiro atoms. The quantitative estimate of drug-likeness (QED) is 0.476. The summed E-state index contributed by atoms with van der Waals surface area (Å²) in [4.78, 5) is 26.2. The number of alkyl carbamates (subject to hydrolysis) is 1. The van der Waals surface area contributed by atoms with Crippen LogP contribution in [0.3, 0.4) is 0 Å². The van der Waals surface area contributed by atoms with Crippen LogP contribution >= 0.6 is 0 Å². The van der Waals surface area contributed by atoms with Crippen LogP contribution in [0.25, 0.3) is 0 Å². The summed E-state index contributed by atoms with van der Waals surface area (Å²) < 4.78 is 21.5. The van der Waals surface area contributed by atoms with Gasteiger partial charge in [-0.3, -0.25) is 9.48 Å². The molecule has 0 bridgehead atoms. The summed E-state index contributed by atoms with van der Waals surface area (Å²) in [7, 11) is 1.79. The number of anilines is 1. The summed E-state index contributed by atoms with van der Waals surface area (Å²) in [6.45, 7) is 18.0. The van der Waals surface area contributed by atoms with E-state index in [0.717, 1.165) is 17.8 Å². The van der Waals surface area contributed by atoms with Crippen LogP contribution < -0.4 is 10.6 Å². The predicted octanol–water partition coefficient (Wildman–Crippen LogP) is 6.16. The molecule has 1 aliphatic heterocycles. The van der Waals surface area contributed by atoms with Crippen LogP contribution in [0.4, 0.5) is 15.0 Å². The summed E-state index contributed by atoms with van der Waals surface area (Å²) in [5.41, 5.74) is 1.29. The van der Waals surface area contributed by atoms with Crippen molar-refractivity contribution in [3.63, 3.8) is 0 Å². The van der Waals surface area contributed by atoms with Crippen molar-refractivity contribution in [2.75, 3.05) is 11.9 Å². The van der Waals surface area contributed by atoms with Gasteiger partial charge >= 0.3 is 6.09 Å². The number of hydrogen-bond acceptors (Lipinski definition) is 5. The lowest BCUT2D eigenvalue weighted by Gasteiger charge is -2.21. The smallest absolute Gasteiger partial charge is 0.407 e. The molecule has 37 heavy (non-hydrogen) atoms. The molecule has 2 heterocycles. The van der Waals surface area contributed by atoms with E-state index < -0.39 is 23.4 Å². The Kier molecular flexibility index (Phi) is 12.6. The minimum absolute atomic E-state index is 0.0452. The normalized spacial score (nSPS) is 12.8. The van der Waals surface area contributed by atoms with Crippen molar-refractivity contribution < 1.29 is 18.7 Å². The third kappa shape index (κ3) is 10.1. The fourth-order valence-corrected chi connectivity index (χ4v) is 3.34. The van der Waals surface area contributed by atoms with Gasteiger partial charge in [0.1, 0.15) is 17.2 Å². The second kappa shape index (κ2) is 14.8. The molecule has 0 fully saturated rings.